The maximum Gasteiger partial charge on any atom is 0.0721 e. The highest BCUT2D eigenvalue weighted by Crippen LogP contribution is 2.05. The van der Waals surface area contributed by atoms with E-state index in [0.717, 1.165) is 13.1 Å². The van der Waals surface area contributed by atoms with Gasteiger partial charge in [0.2, 0.25) is 0 Å². The topological polar surface area (TPSA) is 21.3 Å². The monoisotopic (exact) mass is 271 g/mol. The molecule has 2 nitrogen and oxygen atoms in total. The molecule has 0 unspecified atom stereocenters. The Morgan fingerprint density at radius 3 is 1.40 bits per heavy atom. The summed E-state index contributed by atoms with van der Waals surface area (Å²) in [5, 5.41) is 3.11. The molecule has 0 aliphatic carbocycles. The fourth-order valence-corrected chi connectivity index (χ4v) is 1.69. The van der Waals surface area contributed by atoms with E-state index in [-0.39, 0.29) is 0 Å². The minimum atomic E-state index is 0.676. The summed E-state index contributed by atoms with van der Waals surface area (Å²) in [6.07, 6.45) is 0. The lowest BCUT2D eigenvalue weighted by Crippen LogP contribution is -2.09. The summed E-state index contributed by atoms with van der Waals surface area (Å²) < 4.78 is 5.61. The average Bonchev–Trinajstić information content (AvgIpc) is 2.51. The van der Waals surface area contributed by atoms with Gasteiger partial charge in [-0.3, -0.25) is 0 Å². The van der Waals surface area contributed by atoms with E-state index < -0.39 is 0 Å². The molecule has 0 spiro atoms. The third-order valence-electron chi connectivity index (χ3n) is 2.72. The van der Waals surface area contributed by atoms with Gasteiger partial charge in [-0.15, -0.1) is 0 Å². The maximum atomic E-state index is 5.61. The molecule has 2 heteroatoms. The molecule has 2 aromatic carbocycles. The zero-order chi connectivity index (χ0) is 14.5. The highest BCUT2D eigenvalue weighted by atomic mass is 16.5. The molecule has 0 fully saturated rings. The largest absolute Gasteiger partial charge is 0.372 e. The summed E-state index contributed by atoms with van der Waals surface area (Å²) in [5.41, 5.74) is 2.43. The molecule has 0 aliphatic heterocycles. The number of rotatable bonds is 6. The van der Waals surface area contributed by atoms with E-state index in [9.17, 15) is 0 Å². The van der Waals surface area contributed by atoms with Gasteiger partial charge in [0, 0.05) is 0 Å². The first kappa shape index (κ1) is 16.4. The van der Waals surface area contributed by atoms with Crippen LogP contribution in [0.25, 0.3) is 0 Å². The highest BCUT2D eigenvalue weighted by molar-refractivity contribution is 5.15. The van der Waals surface area contributed by atoms with Crippen molar-refractivity contribution >= 4 is 0 Å². The third kappa shape index (κ3) is 7.72. The lowest BCUT2D eigenvalue weighted by atomic mass is 10.2. The molecule has 1 N–H and O–H groups in total. The van der Waals surface area contributed by atoms with Crippen LogP contribution >= 0.6 is 0 Å². The van der Waals surface area contributed by atoms with Crippen LogP contribution in [0.1, 0.15) is 25.0 Å². The van der Waals surface area contributed by atoms with Gasteiger partial charge in [-0.05, 0) is 24.2 Å². The van der Waals surface area contributed by atoms with Crippen molar-refractivity contribution in [2.45, 2.75) is 27.1 Å². The predicted molar refractivity (Wildman–Crippen MR) is 85.6 cm³/mol. The zero-order valence-corrected chi connectivity index (χ0v) is 12.5. The Morgan fingerprint density at radius 1 is 0.700 bits per heavy atom. The van der Waals surface area contributed by atoms with Crippen molar-refractivity contribution in [2.75, 3.05) is 13.1 Å². The normalized spacial score (nSPS) is 9.70. The molecule has 0 saturated carbocycles. The van der Waals surface area contributed by atoms with Crippen molar-refractivity contribution in [1.82, 2.24) is 5.32 Å². The molecular formula is C18H25NO. The average molecular weight is 271 g/mol. The van der Waals surface area contributed by atoms with E-state index >= 15 is 0 Å². The van der Waals surface area contributed by atoms with Crippen LogP contribution < -0.4 is 5.32 Å². The summed E-state index contributed by atoms with van der Waals surface area (Å²) in [6.45, 7) is 7.74. The molecule has 0 bridgehead atoms. The van der Waals surface area contributed by atoms with Crippen LogP contribution in [0, 0.1) is 0 Å². The SMILES string of the molecule is CCNCC.c1ccc(COCc2ccccc2)cc1. The Bertz CT molecular complexity index is 386. The molecular weight excluding hydrogens is 246 g/mol. The second-order valence-electron chi connectivity index (χ2n) is 4.42. The van der Waals surface area contributed by atoms with Crippen molar-refractivity contribution in [3.05, 3.63) is 71.8 Å². The molecule has 2 aromatic rings. The lowest BCUT2D eigenvalue weighted by Gasteiger charge is -2.03. The summed E-state index contributed by atoms with van der Waals surface area (Å²) in [6, 6.07) is 20.4. The summed E-state index contributed by atoms with van der Waals surface area (Å²) in [4.78, 5) is 0. The first-order valence-corrected chi connectivity index (χ1v) is 7.23. The minimum absolute atomic E-state index is 0.676. The number of hydrogen-bond acceptors (Lipinski definition) is 2. The van der Waals surface area contributed by atoms with Gasteiger partial charge in [0.15, 0.2) is 0 Å². The Balaban J connectivity index is 0.000000347. The van der Waals surface area contributed by atoms with E-state index in [1.54, 1.807) is 0 Å². The molecule has 0 radical (unpaired) electrons. The number of ether oxygens (including phenoxy) is 1. The fraction of sp³-hybridized carbons (Fsp3) is 0.333. The van der Waals surface area contributed by atoms with Gasteiger partial charge in [0.1, 0.15) is 0 Å². The van der Waals surface area contributed by atoms with Gasteiger partial charge in [-0.25, -0.2) is 0 Å². The molecule has 0 aliphatic rings. The number of hydrogen-bond donors (Lipinski definition) is 1. The first-order chi connectivity index (χ1) is 9.86. The van der Waals surface area contributed by atoms with E-state index in [4.69, 9.17) is 4.74 Å². The summed E-state index contributed by atoms with van der Waals surface area (Å²) in [7, 11) is 0. The molecule has 108 valence electrons. The maximum absolute atomic E-state index is 5.61. The van der Waals surface area contributed by atoms with Crippen LogP contribution in [-0.2, 0) is 18.0 Å². The Kier molecular flexibility index (Phi) is 9.20. The Labute approximate surface area is 122 Å². The lowest BCUT2D eigenvalue weighted by molar-refractivity contribution is 0.107. The Morgan fingerprint density at radius 2 is 1.10 bits per heavy atom. The predicted octanol–water partition coefficient (Wildman–Crippen LogP) is 4.02. The van der Waals surface area contributed by atoms with Crippen LogP contribution in [0.3, 0.4) is 0 Å². The molecule has 0 aromatic heterocycles. The van der Waals surface area contributed by atoms with Gasteiger partial charge >= 0.3 is 0 Å². The van der Waals surface area contributed by atoms with Gasteiger partial charge in [0.05, 0.1) is 13.2 Å². The molecule has 0 heterocycles. The second kappa shape index (κ2) is 11.2. The van der Waals surface area contributed by atoms with E-state index in [2.05, 4.69) is 43.4 Å². The fourth-order valence-electron chi connectivity index (χ4n) is 1.69. The van der Waals surface area contributed by atoms with Crippen LogP contribution in [0.15, 0.2) is 60.7 Å². The summed E-state index contributed by atoms with van der Waals surface area (Å²) >= 11 is 0. The first-order valence-electron chi connectivity index (χ1n) is 7.23. The standard InChI is InChI=1S/C14H14O.C4H11N/c1-3-7-13(8-4-1)11-15-12-14-9-5-2-6-10-14;1-3-5-4-2/h1-10H,11-12H2;5H,3-4H2,1-2H3. The molecule has 0 atom stereocenters. The van der Waals surface area contributed by atoms with Gasteiger partial charge in [0.25, 0.3) is 0 Å². The summed E-state index contributed by atoms with van der Waals surface area (Å²) in [5.74, 6) is 0. The Hall–Kier alpha value is -1.64. The van der Waals surface area contributed by atoms with E-state index in [1.807, 2.05) is 36.4 Å². The van der Waals surface area contributed by atoms with Gasteiger partial charge in [-0.2, -0.15) is 0 Å². The molecule has 20 heavy (non-hydrogen) atoms. The van der Waals surface area contributed by atoms with E-state index in [0.29, 0.717) is 13.2 Å². The third-order valence-corrected chi connectivity index (χ3v) is 2.72. The van der Waals surface area contributed by atoms with Crippen molar-refractivity contribution in [3.63, 3.8) is 0 Å². The van der Waals surface area contributed by atoms with Crippen molar-refractivity contribution in [2.24, 2.45) is 0 Å². The number of nitrogens with one attached hydrogen (secondary N) is 1. The van der Waals surface area contributed by atoms with Crippen molar-refractivity contribution in [3.8, 4) is 0 Å². The van der Waals surface area contributed by atoms with Crippen LogP contribution in [0.2, 0.25) is 0 Å². The van der Waals surface area contributed by atoms with E-state index in [1.165, 1.54) is 11.1 Å². The van der Waals surface area contributed by atoms with Crippen molar-refractivity contribution in [1.29, 1.82) is 0 Å². The number of benzene rings is 2. The van der Waals surface area contributed by atoms with Crippen LogP contribution in [-0.4, -0.2) is 13.1 Å². The van der Waals surface area contributed by atoms with Crippen LogP contribution in [0.4, 0.5) is 0 Å². The molecule has 0 saturated heterocycles. The van der Waals surface area contributed by atoms with Gasteiger partial charge in [-0.1, -0.05) is 74.5 Å². The van der Waals surface area contributed by atoms with Gasteiger partial charge < -0.3 is 10.1 Å². The highest BCUT2D eigenvalue weighted by Gasteiger charge is 1.93. The quantitative estimate of drug-likeness (QED) is 0.857. The molecule has 2 rings (SSSR count). The smallest absolute Gasteiger partial charge is 0.0721 e. The van der Waals surface area contributed by atoms with Crippen LogP contribution in [0.5, 0.6) is 0 Å². The minimum Gasteiger partial charge on any atom is -0.372 e. The second-order valence-corrected chi connectivity index (χ2v) is 4.42. The molecule has 0 amide bonds. The zero-order valence-electron chi connectivity index (χ0n) is 12.5. The van der Waals surface area contributed by atoms with Crippen molar-refractivity contribution < 1.29 is 4.74 Å².